The third-order valence-corrected chi connectivity index (χ3v) is 5.64. The Morgan fingerprint density at radius 2 is 1.68 bits per heavy atom. The number of Topliss-reactive ketones (excluding diaryl/α,β-unsaturated/α-hetero) is 1. The van der Waals surface area contributed by atoms with E-state index in [0.29, 0.717) is 29.2 Å². The summed E-state index contributed by atoms with van der Waals surface area (Å²) in [5, 5.41) is 0. The van der Waals surface area contributed by atoms with Gasteiger partial charge in [-0.1, -0.05) is 13.3 Å². The molecule has 1 fully saturated rings. The van der Waals surface area contributed by atoms with Gasteiger partial charge in [0.25, 0.3) is 0 Å². The molecule has 1 saturated heterocycles. The second-order valence-corrected chi connectivity index (χ2v) is 8.11. The van der Waals surface area contributed by atoms with Crippen LogP contribution in [-0.4, -0.2) is 50.0 Å². The first-order valence-electron chi connectivity index (χ1n) is 11.3. The second-order valence-electron chi connectivity index (χ2n) is 8.11. The fourth-order valence-electron chi connectivity index (χ4n) is 3.60. The van der Waals surface area contributed by atoms with Crippen molar-refractivity contribution in [2.24, 2.45) is 5.92 Å². The lowest BCUT2D eigenvalue weighted by molar-refractivity contribution is -0.151. The number of unbranched alkanes of at least 4 members (excludes halogenated alkanes) is 1. The van der Waals surface area contributed by atoms with E-state index in [-0.39, 0.29) is 24.7 Å². The summed E-state index contributed by atoms with van der Waals surface area (Å²) in [6.07, 6.45) is 0.737. The Bertz CT molecular complexity index is 1030. The molecule has 1 aliphatic rings. The molecule has 34 heavy (non-hydrogen) atoms. The fourth-order valence-corrected chi connectivity index (χ4v) is 3.60. The molecule has 2 aromatic rings. The van der Waals surface area contributed by atoms with Crippen molar-refractivity contribution in [3.05, 3.63) is 59.7 Å². The van der Waals surface area contributed by atoms with Crippen molar-refractivity contribution in [2.45, 2.75) is 39.2 Å². The molecule has 0 bridgehead atoms. The number of rotatable bonds is 10. The van der Waals surface area contributed by atoms with E-state index in [1.807, 2.05) is 6.92 Å². The maximum atomic E-state index is 12.6. The highest BCUT2D eigenvalue weighted by atomic mass is 16.5. The molecule has 1 amide bonds. The van der Waals surface area contributed by atoms with E-state index in [1.165, 1.54) is 18.9 Å². The second kappa shape index (κ2) is 11.4. The van der Waals surface area contributed by atoms with Crippen LogP contribution >= 0.6 is 0 Å². The van der Waals surface area contributed by atoms with Crippen LogP contribution in [-0.2, 0) is 19.1 Å². The standard InChI is InChI=1S/C26H29NO7/c1-4-5-14-33-25(30)19-6-10-21(11-7-19)27-16-20(15-23(27)28)26(31)34-17(2)24(29)18-8-12-22(32-3)13-9-18/h6-13,17,20H,4-5,14-16H2,1-3H3/t17-,20+/m1/s1. The molecule has 3 rings (SSSR count). The van der Waals surface area contributed by atoms with E-state index in [4.69, 9.17) is 14.2 Å². The molecule has 2 aromatic carbocycles. The summed E-state index contributed by atoms with van der Waals surface area (Å²) in [6, 6.07) is 13.0. The minimum atomic E-state index is -0.983. The van der Waals surface area contributed by atoms with Gasteiger partial charge in [-0.2, -0.15) is 0 Å². The maximum absolute atomic E-state index is 12.6. The van der Waals surface area contributed by atoms with Crippen LogP contribution in [0.5, 0.6) is 5.75 Å². The van der Waals surface area contributed by atoms with Gasteiger partial charge in [-0.25, -0.2) is 4.79 Å². The summed E-state index contributed by atoms with van der Waals surface area (Å²) < 4.78 is 15.6. The van der Waals surface area contributed by atoms with Crippen molar-refractivity contribution < 1.29 is 33.4 Å². The summed E-state index contributed by atoms with van der Waals surface area (Å²) in [7, 11) is 1.53. The minimum absolute atomic E-state index is 0.0108. The van der Waals surface area contributed by atoms with Gasteiger partial charge in [0.1, 0.15) is 5.75 Å². The van der Waals surface area contributed by atoms with Crippen LogP contribution in [0, 0.1) is 5.92 Å². The fraction of sp³-hybridized carbons (Fsp3) is 0.385. The molecule has 0 aliphatic carbocycles. The normalized spacial score (nSPS) is 16.1. The quantitative estimate of drug-likeness (QED) is 0.298. The van der Waals surface area contributed by atoms with Crippen LogP contribution in [0.3, 0.4) is 0 Å². The molecule has 1 heterocycles. The highest BCUT2D eigenvalue weighted by Crippen LogP contribution is 2.27. The number of esters is 2. The van der Waals surface area contributed by atoms with Crippen LogP contribution in [0.25, 0.3) is 0 Å². The first kappa shape index (κ1) is 25.0. The zero-order chi connectivity index (χ0) is 24.7. The summed E-state index contributed by atoms with van der Waals surface area (Å²) in [5.74, 6) is -1.64. The highest BCUT2D eigenvalue weighted by Gasteiger charge is 2.37. The Balaban J connectivity index is 1.57. The first-order chi connectivity index (χ1) is 16.3. The average molecular weight is 468 g/mol. The van der Waals surface area contributed by atoms with Gasteiger partial charge in [0, 0.05) is 24.2 Å². The van der Waals surface area contributed by atoms with E-state index < -0.39 is 24.0 Å². The van der Waals surface area contributed by atoms with Crippen LogP contribution in [0.4, 0.5) is 5.69 Å². The number of ketones is 1. The van der Waals surface area contributed by atoms with Crippen molar-refractivity contribution in [1.29, 1.82) is 0 Å². The number of benzene rings is 2. The third kappa shape index (κ3) is 6.01. The zero-order valence-electron chi connectivity index (χ0n) is 19.6. The predicted molar refractivity (Wildman–Crippen MR) is 125 cm³/mol. The molecule has 0 unspecified atom stereocenters. The smallest absolute Gasteiger partial charge is 0.338 e. The van der Waals surface area contributed by atoms with E-state index in [1.54, 1.807) is 48.5 Å². The number of ether oxygens (including phenoxy) is 3. The lowest BCUT2D eigenvalue weighted by Gasteiger charge is -2.18. The molecular weight excluding hydrogens is 438 g/mol. The molecule has 0 N–H and O–H groups in total. The molecule has 180 valence electrons. The van der Waals surface area contributed by atoms with Gasteiger partial charge in [0.15, 0.2) is 6.10 Å². The largest absolute Gasteiger partial charge is 0.497 e. The zero-order valence-corrected chi connectivity index (χ0v) is 19.6. The van der Waals surface area contributed by atoms with Gasteiger partial charge in [-0.05, 0) is 61.9 Å². The van der Waals surface area contributed by atoms with Crippen molar-refractivity contribution in [3.8, 4) is 5.75 Å². The number of carbonyl (C=O) groups excluding carboxylic acids is 4. The Hall–Kier alpha value is -3.68. The highest BCUT2D eigenvalue weighted by molar-refractivity contribution is 6.02. The predicted octanol–water partition coefficient (Wildman–Crippen LogP) is 3.82. The maximum Gasteiger partial charge on any atom is 0.338 e. The SMILES string of the molecule is CCCCOC(=O)c1ccc(N2C[C@@H](C(=O)O[C@H](C)C(=O)c3ccc(OC)cc3)CC2=O)cc1. The van der Waals surface area contributed by atoms with E-state index in [2.05, 4.69) is 0 Å². The van der Waals surface area contributed by atoms with Gasteiger partial charge >= 0.3 is 11.9 Å². The lowest BCUT2D eigenvalue weighted by Crippen LogP contribution is -2.30. The molecule has 2 atom stereocenters. The first-order valence-corrected chi connectivity index (χ1v) is 11.3. The Labute approximate surface area is 198 Å². The Kier molecular flexibility index (Phi) is 8.40. The monoisotopic (exact) mass is 467 g/mol. The molecule has 0 saturated carbocycles. The van der Waals surface area contributed by atoms with Gasteiger partial charge in [0.05, 0.1) is 25.2 Å². The minimum Gasteiger partial charge on any atom is -0.497 e. The number of hydrogen-bond donors (Lipinski definition) is 0. The van der Waals surface area contributed by atoms with Crippen molar-refractivity contribution in [2.75, 3.05) is 25.2 Å². The number of anilines is 1. The van der Waals surface area contributed by atoms with E-state index >= 15 is 0 Å². The molecule has 0 aromatic heterocycles. The number of carbonyl (C=O) groups is 4. The van der Waals surface area contributed by atoms with Crippen molar-refractivity contribution in [3.63, 3.8) is 0 Å². The van der Waals surface area contributed by atoms with Crippen molar-refractivity contribution >= 4 is 29.3 Å². The summed E-state index contributed by atoms with van der Waals surface area (Å²) in [5.41, 5.74) is 1.37. The van der Waals surface area contributed by atoms with E-state index in [0.717, 1.165) is 12.8 Å². The van der Waals surface area contributed by atoms with Crippen LogP contribution in [0.2, 0.25) is 0 Å². The molecule has 8 heteroatoms. The number of hydrogen-bond acceptors (Lipinski definition) is 7. The Morgan fingerprint density at radius 3 is 2.29 bits per heavy atom. The third-order valence-electron chi connectivity index (χ3n) is 5.64. The van der Waals surface area contributed by atoms with Crippen molar-refractivity contribution in [1.82, 2.24) is 0 Å². The summed E-state index contributed by atoms with van der Waals surface area (Å²) >= 11 is 0. The number of nitrogens with zero attached hydrogens (tertiary/aromatic N) is 1. The van der Waals surface area contributed by atoms with E-state index in [9.17, 15) is 19.2 Å². The van der Waals surface area contributed by atoms with Crippen LogP contribution in [0.15, 0.2) is 48.5 Å². The van der Waals surface area contributed by atoms with Gasteiger partial charge < -0.3 is 19.1 Å². The van der Waals surface area contributed by atoms with Gasteiger partial charge in [-0.3, -0.25) is 14.4 Å². The Morgan fingerprint density at radius 1 is 1.03 bits per heavy atom. The number of methoxy groups -OCH3 is 1. The summed E-state index contributed by atoms with van der Waals surface area (Å²) in [6.45, 7) is 4.03. The topological polar surface area (TPSA) is 99.2 Å². The molecule has 1 aliphatic heterocycles. The molecule has 0 radical (unpaired) electrons. The molecular formula is C26H29NO7. The summed E-state index contributed by atoms with van der Waals surface area (Å²) in [4.78, 5) is 51.3. The lowest BCUT2D eigenvalue weighted by atomic mass is 10.1. The van der Waals surface area contributed by atoms with Gasteiger partial charge in [-0.15, -0.1) is 0 Å². The van der Waals surface area contributed by atoms with Gasteiger partial charge in [0.2, 0.25) is 11.7 Å². The molecule has 0 spiro atoms. The molecule has 8 nitrogen and oxygen atoms in total. The average Bonchev–Trinajstić information content (AvgIpc) is 3.25. The van der Waals surface area contributed by atoms with Crippen LogP contribution < -0.4 is 9.64 Å². The van der Waals surface area contributed by atoms with Crippen LogP contribution in [0.1, 0.15) is 53.8 Å². The number of amides is 1.